The van der Waals surface area contributed by atoms with Crippen LogP contribution in [0.15, 0.2) is 24.3 Å². The van der Waals surface area contributed by atoms with Gasteiger partial charge in [0, 0.05) is 6.54 Å². The van der Waals surface area contributed by atoms with Crippen LogP contribution in [0.4, 0.5) is 13.2 Å². The first-order valence-corrected chi connectivity index (χ1v) is 8.20. The number of piperidine rings is 1. The number of aliphatic hydroxyl groups is 1. The minimum Gasteiger partial charge on any atom is -0.379 e. The summed E-state index contributed by atoms with van der Waals surface area (Å²) in [6.07, 6.45) is -5.15. The maximum atomic E-state index is 13.1. The molecule has 0 aliphatic carbocycles. The average molecular weight is 368 g/mol. The van der Waals surface area contributed by atoms with Gasteiger partial charge in [0.1, 0.15) is 0 Å². The van der Waals surface area contributed by atoms with Crippen molar-refractivity contribution < 1.29 is 23.1 Å². The van der Waals surface area contributed by atoms with Gasteiger partial charge in [-0.1, -0.05) is 17.3 Å². The Morgan fingerprint density at radius 2 is 2.04 bits per heavy atom. The van der Waals surface area contributed by atoms with Crippen molar-refractivity contribution in [2.45, 2.75) is 38.5 Å². The van der Waals surface area contributed by atoms with E-state index in [9.17, 15) is 23.1 Å². The maximum Gasteiger partial charge on any atom is 0.418 e. The number of aromatic nitrogens is 3. The number of alkyl halides is 3. The zero-order valence-electron chi connectivity index (χ0n) is 14.4. The lowest BCUT2D eigenvalue weighted by Crippen LogP contribution is -2.58. The number of carbonyl (C=O) groups excluding carboxylic acids is 1. The van der Waals surface area contributed by atoms with Crippen LogP contribution in [-0.2, 0) is 0 Å². The van der Waals surface area contributed by atoms with Gasteiger partial charge in [-0.2, -0.15) is 13.2 Å². The Morgan fingerprint density at radius 1 is 1.31 bits per heavy atom. The molecule has 1 atom stereocenters. The first kappa shape index (κ1) is 18.4. The molecule has 0 radical (unpaired) electrons. The van der Waals surface area contributed by atoms with E-state index in [1.165, 1.54) is 4.68 Å². The third-order valence-corrected chi connectivity index (χ3v) is 4.63. The molecule has 140 valence electrons. The number of β-amino-alcohol motifs (C(OH)–C–C–N with tert-alkyl or cyclic N) is 1. The molecule has 1 amide bonds. The predicted molar refractivity (Wildman–Crippen MR) is 87.0 cm³/mol. The number of hydrogen-bond donors (Lipinski definition) is 1. The quantitative estimate of drug-likeness (QED) is 0.884. The first-order chi connectivity index (χ1) is 12.1. The summed E-state index contributed by atoms with van der Waals surface area (Å²) in [5, 5.41) is 17.7. The summed E-state index contributed by atoms with van der Waals surface area (Å²) >= 11 is 0. The highest BCUT2D eigenvalue weighted by Crippen LogP contribution is 2.37. The summed E-state index contributed by atoms with van der Waals surface area (Å²) in [4.78, 5) is 13.7. The molecule has 1 aliphatic heterocycles. The summed E-state index contributed by atoms with van der Waals surface area (Å²) in [7, 11) is 0. The molecule has 1 N–H and O–H groups in total. The van der Waals surface area contributed by atoms with E-state index in [0.29, 0.717) is 11.4 Å². The lowest BCUT2D eigenvalue weighted by Gasteiger charge is -2.39. The van der Waals surface area contributed by atoms with Crippen molar-refractivity contribution in [3.05, 3.63) is 41.2 Å². The van der Waals surface area contributed by atoms with Gasteiger partial charge in [-0.15, -0.1) is 5.10 Å². The van der Waals surface area contributed by atoms with Gasteiger partial charge in [0.05, 0.1) is 17.9 Å². The smallest absolute Gasteiger partial charge is 0.379 e. The summed E-state index contributed by atoms with van der Waals surface area (Å²) in [6.45, 7) is 2.88. The van der Waals surface area contributed by atoms with E-state index < -0.39 is 30.7 Å². The molecule has 9 heteroatoms. The summed E-state index contributed by atoms with van der Waals surface area (Å²) < 4.78 is 40.7. The van der Waals surface area contributed by atoms with Crippen LogP contribution >= 0.6 is 0 Å². The molecular weight excluding hydrogens is 349 g/mol. The molecule has 0 spiro atoms. The van der Waals surface area contributed by atoms with Crippen LogP contribution < -0.4 is 0 Å². The van der Waals surface area contributed by atoms with Crippen LogP contribution in [0.1, 0.15) is 34.6 Å². The molecule has 6 nitrogen and oxygen atoms in total. The molecule has 26 heavy (non-hydrogen) atoms. The lowest BCUT2D eigenvalue weighted by molar-refractivity contribution is -0.271. The standard InChI is InChI=1S/C17H19F3N4O2/c1-11-5-3-6-13(9-11)24-12(2)14(21-22-24)15(25)23-8-4-7-16(26,10-23)17(18,19)20/h3,5-6,9,26H,4,7-8,10H2,1-2H3. The second-order valence-corrected chi connectivity index (χ2v) is 6.63. The van der Waals surface area contributed by atoms with Crippen LogP contribution in [0.5, 0.6) is 0 Å². The van der Waals surface area contributed by atoms with Gasteiger partial charge >= 0.3 is 6.18 Å². The highest BCUT2D eigenvalue weighted by Gasteiger charge is 2.56. The summed E-state index contributed by atoms with van der Waals surface area (Å²) in [6, 6.07) is 7.40. The minimum absolute atomic E-state index is 0.0158. The molecule has 2 aromatic rings. The topological polar surface area (TPSA) is 71.2 Å². The number of benzene rings is 1. The number of rotatable bonds is 2. The third kappa shape index (κ3) is 3.18. The SMILES string of the molecule is Cc1cccc(-n2nnc(C(=O)N3CCCC(O)(C(F)(F)F)C3)c2C)c1. The van der Waals surface area contributed by atoms with Gasteiger partial charge in [-0.25, -0.2) is 4.68 Å². The van der Waals surface area contributed by atoms with E-state index >= 15 is 0 Å². The van der Waals surface area contributed by atoms with Crippen molar-refractivity contribution in [1.82, 2.24) is 19.9 Å². The fourth-order valence-corrected chi connectivity index (χ4v) is 3.12. The number of aryl methyl sites for hydroxylation is 1. The normalized spacial score (nSPS) is 21.1. The first-order valence-electron chi connectivity index (χ1n) is 8.20. The lowest BCUT2D eigenvalue weighted by atomic mass is 9.92. The van der Waals surface area contributed by atoms with Gasteiger partial charge in [-0.05, 0) is 44.4 Å². The van der Waals surface area contributed by atoms with Crippen LogP contribution in [0.3, 0.4) is 0 Å². The highest BCUT2D eigenvalue weighted by atomic mass is 19.4. The molecule has 0 saturated carbocycles. The molecule has 2 heterocycles. The van der Waals surface area contributed by atoms with E-state index in [4.69, 9.17) is 0 Å². The second-order valence-electron chi connectivity index (χ2n) is 6.63. The third-order valence-electron chi connectivity index (χ3n) is 4.63. The van der Waals surface area contributed by atoms with Gasteiger partial charge < -0.3 is 10.0 Å². The number of hydrogen-bond acceptors (Lipinski definition) is 4. The van der Waals surface area contributed by atoms with E-state index in [0.717, 1.165) is 10.5 Å². The number of carbonyl (C=O) groups is 1. The molecule has 1 unspecified atom stereocenters. The summed E-state index contributed by atoms with van der Waals surface area (Å²) in [5.41, 5.74) is -0.767. The predicted octanol–water partition coefficient (Wildman–Crippen LogP) is 2.41. The average Bonchev–Trinajstić information content (AvgIpc) is 2.95. The summed E-state index contributed by atoms with van der Waals surface area (Å²) in [5.74, 6) is -0.663. The van der Waals surface area contributed by atoms with Gasteiger partial charge in [0.15, 0.2) is 11.3 Å². The van der Waals surface area contributed by atoms with Crippen molar-refractivity contribution in [1.29, 1.82) is 0 Å². The van der Waals surface area contributed by atoms with Crippen LogP contribution in [-0.4, -0.2) is 55.8 Å². The zero-order chi connectivity index (χ0) is 19.1. The Kier molecular flexibility index (Phi) is 4.51. The largest absolute Gasteiger partial charge is 0.418 e. The van der Waals surface area contributed by atoms with Crippen LogP contribution in [0.2, 0.25) is 0 Å². The van der Waals surface area contributed by atoms with E-state index in [2.05, 4.69) is 10.3 Å². The van der Waals surface area contributed by atoms with E-state index in [1.807, 2.05) is 25.1 Å². The molecule has 1 fully saturated rings. The van der Waals surface area contributed by atoms with Crippen molar-refractivity contribution in [2.24, 2.45) is 0 Å². The molecule has 1 saturated heterocycles. The molecule has 3 rings (SSSR count). The molecular formula is C17H19F3N4O2. The number of amides is 1. The van der Waals surface area contributed by atoms with Gasteiger partial charge in [0.25, 0.3) is 5.91 Å². The van der Waals surface area contributed by atoms with Gasteiger partial charge in [0.2, 0.25) is 0 Å². The Hall–Kier alpha value is -2.42. The number of nitrogens with zero attached hydrogens (tertiary/aromatic N) is 4. The number of halogens is 3. The van der Waals surface area contributed by atoms with Crippen molar-refractivity contribution in [3.8, 4) is 5.69 Å². The zero-order valence-corrected chi connectivity index (χ0v) is 14.4. The fourth-order valence-electron chi connectivity index (χ4n) is 3.12. The van der Waals surface area contributed by atoms with Crippen LogP contribution in [0.25, 0.3) is 5.69 Å². The van der Waals surface area contributed by atoms with Crippen LogP contribution in [0, 0.1) is 13.8 Å². The van der Waals surface area contributed by atoms with Crippen molar-refractivity contribution >= 4 is 5.91 Å². The number of likely N-dealkylation sites (tertiary alicyclic amines) is 1. The Labute approximate surface area is 148 Å². The fraction of sp³-hybridized carbons (Fsp3) is 0.471. The van der Waals surface area contributed by atoms with Crippen molar-refractivity contribution in [3.63, 3.8) is 0 Å². The molecule has 1 aliphatic rings. The Balaban J connectivity index is 1.87. The molecule has 0 bridgehead atoms. The van der Waals surface area contributed by atoms with E-state index in [-0.39, 0.29) is 18.7 Å². The second kappa shape index (κ2) is 6.39. The highest BCUT2D eigenvalue weighted by molar-refractivity contribution is 5.93. The van der Waals surface area contributed by atoms with Crippen molar-refractivity contribution in [2.75, 3.05) is 13.1 Å². The van der Waals surface area contributed by atoms with E-state index in [1.54, 1.807) is 13.0 Å². The monoisotopic (exact) mass is 368 g/mol. The minimum atomic E-state index is -4.79. The molecule has 1 aromatic carbocycles. The van der Waals surface area contributed by atoms with Gasteiger partial charge in [-0.3, -0.25) is 4.79 Å². The molecule has 1 aromatic heterocycles. The maximum absolute atomic E-state index is 13.1. The Morgan fingerprint density at radius 3 is 2.69 bits per heavy atom. The Bertz CT molecular complexity index is 834.